The second kappa shape index (κ2) is 33.3. The number of rotatable bonds is 22. The van der Waals surface area contributed by atoms with Gasteiger partial charge in [-0.15, -0.1) is 0 Å². The average Bonchev–Trinajstić information content (AvgIpc) is 1.60. The summed E-state index contributed by atoms with van der Waals surface area (Å²) in [6.07, 6.45) is -4.18. The Labute approximate surface area is 561 Å². The zero-order valence-corrected chi connectivity index (χ0v) is 55.6. The van der Waals surface area contributed by atoms with E-state index >= 15 is 0 Å². The monoisotopic (exact) mass is 1280 g/mol. The van der Waals surface area contributed by atoms with E-state index in [1.807, 2.05) is 32.3 Å². The van der Waals surface area contributed by atoms with Crippen molar-refractivity contribution >= 4 is 51.8 Å². The van der Waals surface area contributed by atoms with Crippen molar-refractivity contribution in [3.63, 3.8) is 0 Å². The van der Waals surface area contributed by atoms with Gasteiger partial charge in [0.15, 0.2) is 0 Å². The second-order valence-electron chi connectivity index (χ2n) is 21.4. The average molecular weight is 1280 g/mol. The number of hydrogen-bond donors (Lipinski definition) is 5. The van der Waals surface area contributed by atoms with E-state index in [0.717, 1.165) is 0 Å². The first-order valence-corrected chi connectivity index (χ1v) is 30.5. The minimum atomic E-state index is -4.28. The SMILES string of the molecule is CC(C)c1c(S(=O)(=O)Nc2ccccc2)c(-c2ccc(F)cc2)c(-c2ccc(F)cc2)n1CCC1C[C@@H](O)CC(=O)O1.CC(C)c1c(S(=O)(=O)Nc2ccccc2)c(-c2ccc(F)cc2)c(-c2ccc(F)cc2)n1CC[C@@H](O)C[C@@H](O)CC(=O)[O-].[B].[Na+].[Na+].[OH-]. The topological polar surface area (TPSA) is 259 Å². The van der Waals surface area contributed by atoms with Crippen molar-refractivity contribution in [2.75, 3.05) is 9.44 Å². The van der Waals surface area contributed by atoms with Gasteiger partial charge in [-0.25, -0.2) is 34.4 Å². The number of para-hydroxylation sites is 2. The number of cyclic esters (lactones) is 1. The normalized spacial score (nSPS) is 14.6. The third-order valence-electron chi connectivity index (χ3n) is 14.2. The molecule has 2 aromatic heterocycles. The van der Waals surface area contributed by atoms with E-state index in [9.17, 15) is 64.4 Å². The molecule has 0 bridgehead atoms. The third kappa shape index (κ3) is 19.0. The van der Waals surface area contributed by atoms with Gasteiger partial charge in [-0.1, -0.05) is 88.4 Å². The van der Waals surface area contributed by atoms with Gasteiger partial charge in [-0.05, 0) is 144 Å². The summed E-state index contributed by atoms with van der Waals surface area (Å²) in [6, 6.07) is 39.1. The molecule has 6 aromatic carbocycles. The molecule has 1 fully saturated rings. The Kier molecular flexibility index (Phi) is 28.2. The summed E-state index contributed by atoms with van der Waals surface area (Å²) < 4.78 is 128. The van der Waals surface area contributed by atoms with Crippen LogP contribution in [0, 0.1) is 23.3 Å². The van der Waals surface area contributed by atoms with Crippen LogP contribution in [0.3, 0.4) is 0 Å². The molecule has 459 valence electrons. The maximum Gasteiger partial charge on any atom is 1.00 e. The summed E-state index contributed by atoms with van der Waals surface area (Å²) in [4.78, 5) is 22.9. The fourth-order valence-electron chi connectivity index (χ4n) is 10.7. The van der Waals surface area contributed by atoms with Crippen molar-refractivity contribution in [3.8, 4) is 44.8 Å². The number of carboxylic acids is 1. The van der Waals surface area contributed by atoms with Gasteiger partial charge in [0.2, 0.25) is 0 Å². The molecule has 8 aromatic rings. The van der Waals surface area contributed by atoms with Crippen LogP contribution in [0.25, 0.3) is 44.8 Å². The summed E-state index contributed by atoms with van der Waals surface area (Å²) in [5, 5.41) is 41.7. The van der Waals surface area contributed by atoms with Crippen LogP contribution < -0.4 is 73.7 Å². The molecule has 89 heavy (non-hydrogen) atoms. The summed E-state index contributed by atoms with van der Waals surface area (Å²) >= 11 is 0. The van der Waals surface area contributed by atoms with Gasteiger partial charge in [0.1, 0.15) is 39.2 Å². The van der Waals surface area contributed by atoms with Crippen LogP contribution in [-0.2, 0) is 47.5 Å². The number of carboxylic acid groups (broad SMARTS) is 1. The Hall–Kier alpha value is -6.06. The van der Waals surface area contributed by atoms with Gasteiger partial charge in [0.25, 0.3) is 20.0 Å². The molecule has 1 aliphatic heterocycles. The standard InChI is InChI=1S/C32H34F2N2O6S.C32H32F2N2O5S.B.2Na.H2O/c1-20(2)30-32(43(41,42)35-25-6-4-3-5-7-25)29(21-8-12-23(33)13-9-21)31(22-10-14-24(34)15-11-22)36(30)17-16-26(37)18-27(38)19-28(39)40;1-20(2)30-32(42(39,40)35-25-6-4-3-5-7-25)29(21-8-12-23(33)13-9-21)31(22-10-14-24(34)15-11-22)36(30)17-16-27-18-26(37)19-28(38)41-27;;;;/h3-15,20,26-27,35,37-38H,16-19H2,1-2H3,(H,39,40);3-15,20,26-27,35,37H,16-19H2,1-2H3;;;;1H2/q;;;2*+1;/p-2/t26-,27-;26-,27?;;;;/m11..../s1. The van der Waals surface area contributed by atoms with Gasteiger partial charge in [-0.3, -0.25) is 14.2 Å². The molecule has 9 rings (SSSR count). The van der Waals surface area contributed by atoms with Crippen LogP contribution in [0.1, 0.15) is 89.4 Å². The zero-order valence-electron chi connectivity index (χ0n) is 50.0. The molecule has 1 saturated heterocycles. The van der Waals surface area contributed by atoms with Crippen molar-refractivity contribution in [1.29, 1.82) is 0 Å². The fourth-order valence-corrected chi connectivity index (χ4v) is 14.0. The molecule has 3 radical (unpaired) electrons. The van der Waals surface area contributed by atoms with Crippen LogP contribution in [0.4, 0.5) is 28.9 Å². The van der Waals surface area contributed by atoms with E-state index in [1.54, 1.807) is 77.4 Å². The number of aliphatic carboxylic acids is 1. The molecule has 4 atom stereocenters. The van der Waals surface area contributed by atoms with E-state index in [0.29, 0.717) is 68.4 Å². The minimum Gasteiger partial charge on any atom is -0.870 e. The number of nitrogens with one attached hydrogen (secondary N) is 2. The first kappa shape index (κ1) is 75.4. The maximum absolute atomic E-state index is 14.3. The number of anilines is 2. The molecule has 0 aliphatic carbocycles. The number of benzene rings is 6. The van der Waals surface area contributed by atoms with Gasteiger partial charge < -0.3 is 44.6 Å². The first-order valence-electron chi connectivity index (χ1n) is 27.6. The molecular weight excluding hydrogens is 1210 g/mol. The Balaban J connectivity index is 0.000000364. The first-order chi connectivity index (χ1) is 40.4. The van der Waals surface area contributed by atoms with E-state index in [2.05, 4.69) is 9.44 Å². The second-order valence-corrected chi connectivity index (χ2v) is 24.6. The van der Waals surface area contributed by atoms with Crippen molar-refractivity contribution in [1.82, 2.24) is 9.13 Å². The molecule has 16 nitrogen and oxygen atoms in total. The number of aromatic nitrogens is 2. The number of esters is 1. The number of halogens is 4. The Morgan fingerprint density at radius 2 is 0.955 bits per heavy atom. The van der Waals surface area contributed by atoms with E-state index in [1.165, 1.54) is 84.9 Å². The Morgan fingerprint density at radius 3 is 1.30 bits per heavy atom. The number of aliphatic hydroxyl groups is 3. The predicted octanol–water partition coefficient (Wildman–Crippen LogP) is 4.60. The molecular formula is C64H66BF4N4Na2O12S2. The van der Waals surface area contributed by atoms with Crippen molar-refractivity contribution in [2.45, 2.75) is 125 Å². The zero-order chi connectivity index (χ0) is 61.3. The van der Waals surface area contributed by atoms with Gasteiger partial charge in [0, 0.05) is 80.6 Å². The molecule has 3 heterocycles. The number of carbonyl (C=O) groups is 2. The number of ether oxygens (including phenoxy) is 1. The van der Waals surface area contributed by atoms with Gasteiger partial charge in [0.05, 0.1) is 36.1 Å². The molecule has 1 unspecified atom stereocenters. The molecule has 0 amide bonds. The Bertz CT molecular complexity index is 3850. The quantitative estimate of drug-likeness (QED) is 0.0355. The molecule has 6 N–H and O–H groups in total. The van der Waals surface area contributed by atoms with Crippen molar-refractivity contribution < 1.29 is 134 Å². The molecule has 1 aliphatic rings. The van der Waals surface area contributed by atoms with Gasteiger partial charge in [-0.2, -0.15) is 0 Å². The molecule has 0 saturated carbocycles. The molecule has 25 heteroatoms. The predicted molar refractivity (Wildman–Crippen MR) is 321 cm³/mol. The summed E-state index contributed by atoms with van der Waals surface area (Å²) in [5.74, 6) is -4.56. The van der Waals surface area contributed by atoms with Crippen molar-refractivity contribution in [3.05, 3.63) is 192 Å². The summed E-state index contributed by atoms with van der Waals surface area (Å²) in [5.41, 5.74) is 5.00. The van der Waals surface area contributed by atoms with Crippen LogP contribution in [-0.4, -0.2) is 91.5 Å². The maximum atomic E-state index is 14.3. The van der Waals surface area contributed by atoms with E-state index in [-0.39, 0.29) is 139 Å². The van der Waals surface area contributed by atoms with Crippen LogP contribution in [0.2, 0.25) is 0 Å². The fraction of sp³-hybridized carbons (Fsp3) is 0.281. The van der Waals surface area contributed by atoms with E-state index in [4.69, 9.17) is 4.74 Å². The smallest absolute Gasteiger partial charge is 0.870 e. The minimum absolute atomic E-state index is 0. The number of sulfonamides is 2. The van der Waals surface area contributed by atoms with E-state index < -0.39 is 86.1 Å². The Morgan fingerprint density at radius 1 is 0.596 bits per heavy atom. The third-order valence-corrected chi connectivity index (χ3v) is 17.2. The van der Waals surface area contributed by atoms with Gasteiger partial charge >= 0.3 is 65.1 Å². The summed E-state index contributed by atoms with van der Waals surface area (Å²) in [7, 11) is -8.50. The molecule has 0 spiro atoms. The summed E-state index contributed by atoms with van der Waals surface area (Å²) in [6.45, 7) is 7.68. The largest absolute Gasteiger partial charge is 1.00 e. The van der Waals surface area contributed by atoms with Crippen LogP contribution in [0.5, 0.6) is 0 Å². The van der Waals surface area contributed by atoms with Crippen LogP contribution in [0.15, 0.2) is 168 Å². The number of aliphatic hydroxyl groups excluding tert-OH is 3. The number of carbonyl (C=O) groups excluding carboxylic acids is 2. The number of nitrogens with zero attached hydrogens (tertiary/aromatic N) is 2. The van der Waals surface area contributed by atoms with Crippen LogP contribution >= 0.6 is 0 Å². The van der Waals surface area contributed by atoms with Crippen molar-refractivity contribution in [2.24, 2.45) is 0 Å². The number of hydrogen-bond acceptors (Lipinski definition) is 12.